The molecule has 8 nitrogen and oxygen atoms in total. The van der Waals surface area contributed by atoms with Crippen molar-refractivity contribution in [3.05, 3.63) is 0 Å². The molecule has 0 aromatic rings. The van der Waals surface area contributed by atoms with E-state index in [1.54, 1.807) is 46.4 Å². The van der Waals surface area contributed by atoms with Crippen LogP contribution in [0, 0.1) is 0 Å². The van der Waals surface area contributed by atoms with Gasteiger partial charge in [0, 0.05) is 19.1 Å². The molecule has 1 aliphatic rings. The van der Waals surface area contributed by atoms with Gasteiger partial charge in [-0.2, -0.15) is 0 Å². The maximum absolute atomic E-state index is 12.2. The van der Waals surface area contributed by atoms with Crippen LogP contribution in [0.25, 0.3) is 0 Å². The van der Waals surface area contributed by atoms with Crippen molar-refractivity contribution >= 4 is 18.1 Å². The highest BCUT2D eigenvalue weighted by atomic mass is 16.6. The number of rotatable bonds is 3. The molecular formula is C17H31N3O5. The Balaban J connectivity index is 2.42. The van der Waals surface area contributed by atoms with E-state index < -0.39 is 23.4 Å². The molecule has 144 valence electrons. The lowest BCUT2D eigenvalue weighted by Gasteiger charge is -2.33. The van der Waals surface area contributed by atoms with Crippen molar-refractivity contribution in [1.29, 1.82) is 0 Å². The monoisotopic (exact) mass is 357 g/mol. The summed E-state index contributed by atoms with van der Waals surface area (Å²) in [4.78, 5) is 37.3. The Bertz CT molecular complexity index is 493. The van der Waals surface area contributed by atoms with Crippen molar-refractivity contribution in [2.75, 3.05) is 19.6 Å². The molecule has 1 unspecified atom stereocenters. The highest BCUT2D eigenvalue weighted by molar-refractivity contribution is 5.82. The van der Waals surface area contributed by atoms with Crippen LogP contribution < -0.4 is 10.6 Å². The highest BCUT2D eigenvalue weighted by Crippen LogP contribution is 2.12. The number of nitrogens with zero attached hydrogens (tertiary/aromatic N) is 1. The molecule has 1 fully saturated rings. The van der Waals surface area contributed by atoms with Crippen LogP contribution >= 0.6 is 0 Å². The molecule has 1 atom stereocenters. The van der Waals surface area contributed by atoms with Crippen LogP contribution in [-0.2, 0) is 14.3 Å². The smallest absolute Gasteiger partial charge is 0.408 e. The predicted octanol–water partition coefficient (Wildman–Crippen LogP) is 2.03. The normalized spacial score (nSPS) is 18.3. The van der Waals surface area contributed by atoms with Gasteiger partial charge in [0.05, 0.1) is 0 Å². The van der Waals surface area contributed by atoms with Crippen LogP contribution in [0.5, 0.6) is 0 Å². The molecule has 1 rings (SSSR count). The highest BCUT2D eigenvalue weighted by Gasteiger charge is 2.27. The van der Waals surface area contributed by atoms with Gasteiger partial charge in [-0.3, -0.25) is 4.79 Å². The zero-order chi connectivity index (χ0) is 19.3. The molecule has 2 N–H and O–H groups in total. The van der Waals surface area contributed by atoms with Crippen molar-refractivity contribution in [1.82, 2.24) is 15.5 Å². The van der Waals surface area contributed by atoms with E-state index in [9.17, 15) is 14.4 Å². The minimum atomic E-state index is -0.624. The Morgan fingerprint density at radius 1 is 1.00 bits per heavy atom. The van der Waals surface area contributed by atoms with E-state index in [0.717, 1.165) is 12.8 Å². The molecule has 0 aromatic carbocycles. The van der Waals surface area contributed by atoms with Gasteiger partial charge in [0.1, 0.15) is 17.7 Å². The molecule has 0 spiro atoms. The van der Waals surface area contributed by atoms with E-state index in [1.165, 1.54) is 0 Å². The van der Waals surface area contributed by atoms with Gasteiger partial charge in [0.2, 0.25) is 5.91 Å². The van der Waals surface area contributed by atoms with E-state index in [1.807, 2.05) is 0 Å². The van der Waals surface area contributed by atoms with Crippen LogP contribution in [-0.4, -0.2) is 59.9 Å². The summed E-state index contributed by atoms with van der Waals surface area (Å²) < 4.78 is 10.3. The number of amides is 3. The summed E-state index contributed by atoms with van der Waals surface area (Å²) in [5, 5.41) is 5.25. The third-order valence-corrected chi connectivity index (χ3v) is 3.28. The molecule has 0 aliphatic carbocycles. The van der Waals surface area contributed by atoms with Crippen molar-refractivity contribution in [2.24, 2.45) is 0 Å². The average Bonchev–Trinajstić information content (AvgIpc) is 2.41. The molecule has 0 bridgehead atoms. The molecule has 1 saturated heterocycles. The largest absolute Gasteiger partial charge is 0.444 e. The molecule has 25 heavy (non-hydrogen) atoms. The van der Waals surface area contributed by atoms with Gasteiger partial charge in [0.15, 0.2) is 0 Å². The lowest BCUT2D eigenvalue weighted by atomic mass is 10.1. The number of likely N-dealkylation sites (tertiary alicyclic amines) is 1. The van der Waals surface area contributed by atoms with E-state index >= 15 is 0 Å². The van der Waals surface area contributed by atoms with Crippen molar-refractivity contribution < 1.29 is 23.9 Å². The van der Waals surface area contributed by atoms with Gasteiger partial charge in [-0.15, -0.1) is 0 Å². The molecule has 0 saturated carbocycles. The zero-order valence-electron chi connectivity index (χ0n) is 16.1. The third-order valence-electron chi connectivity index (χ3n) is 3.28. The zero-order valence-corrected chi connectivity index (χ0v) is 16.1. The SMILES string of the molecule is CC(C)(C)OC(=O)NCC(=O)N1CCCC(NC(=O)OC(C)(C)C)C1. The molecular weight excluding hydrogens is 326 g/mol. The van der Waals surface area contributed by atoms with Gasteiger partial charge >= 0.3 is 12.2 Å². The van der Waals surface area contributed by atoms with Gasteiger partial charge in [-0.1, -0.05) is 0 Å². The lowest BCUT2D eigenvalue weighted by molar-refractivity contribution is -0.131. The van der Waals surface area contributed by atoms with E-state index in [4.69, 9.17) is 9.47 Å². The Kier molecular flexibility index (Phi) is 7.07. The first-order chi connectivity index (χ1) is 11.4. The first kappa shape index (κ1) is 21.1. The summed E-state index contributed by atoms with van der Waals surface area (Å²) in [5.41, 5.74) is -1.17. The number of hydrogen-bond acceptors (Lipinski definition) is 5. The first-order valence-electron chi connectivity index (χ1n) is 8.60. The Morgan fingerprint density at radius 2 is 1.56 bits per heavy atom. The number of carbonyl (C=O) groups is 3. The van der Waals surface area contributed by atoms with Gasteiger partial charge < -0.3 is 25.0 Å². The quantitative estimate of drug-likeness (QED) is 0.805. The molecule has 0 aromatic heterocycles. The van der Waals surface area contributed by atoms with Gasteiger partial charge in [0.25, 0.3) is 0 Å². The number of hydrogen-bond donors (Lipinski definition) is 2. The minimum Gasteiger partial charge on any atom is -0.444 e. The summed E-state index contributed by atoms with van der Waals surface area (Å²) in [6.45, 7) is 11.5. The number of carbonyl (C=O) groups excluding carboxylic acids is 3. The summed E-state index contributed by atoms with van der Waals surface area (Å²) in [6.07, 6.45) is 0.446. The molecule has 1 heterocycles. The standard InChI is InChI=1S/C17H31N3O5/c1-16(2,3)24-14(22)18-10-13(21)20-9-7-8-12(11-20)19-15(23)25-17(4,5)6/h12H,7-11H2,1-6H3,(H,18,22)(H,19,23). The maximum Gasteiger partial charge on any atom is 0.408 e. The minimum absolute atomic E-state index is 0.131. The Morgan fingerprint density at radius 3 is 2.12 bits per heavy atom. The first-order valence-corrected chi connectivity index (χ1v) is 8.60. The van der Waals surface area contributed by atoms with Crippen LogP contribution in [0.4, 0.5) is 9.59 Å². The Labute approximate surface area is 149 Å². The summed E-state index contributed by atoms with van der Waals surface area (Å²) >= 11 is 0. The molecule has 1 aliphatic heterocycles. The van der Waals surface area contributed by atoms with Crippen molar-refractivity contribution in [3.63, 3.8) is 0 Å². The fraction of sp³-hybridized carbons (Fsp3) is 0.824. The fourth-order valence-corrected chi connectivity index (χ4v) is 2.37. The van der Waals surface area contributed by atoms with Crippen molar-refractivity contribution in [3.8, 4) is 0 Å². The second kappa shape index (κ2) is 8.40. The second-order valence-electron chi connectivity index (χ2n) is 8.18. The lowest BCUT2D eigenvalue weighted by Crippen LogP contribution is -2.52. The summed E-state index contributed by atoms with van der Waals surface area (Å²) in [6, 6.07) is -0.158. The van der Waals surface area contributed by atoms with Gasteiger partial charge in [-0.25, -0.2) is 9.59 Å². The number of nitrogens with one attached hydrogen (secondary N) is 2. The van der Waals surface area contributed by atoms with Crippen LogP contribution in [0.1, 0.15) is 54.4 Å². The second-order valence-corrected chi connectivity index (χ2v) is 8.18. The number of piperidine rings is 1. The fourth-order valence-electron chi connectivity index (χ4n) is 2.37. The summed E-state index contributed by atoms with van der Waals surface area (Å²) in [7, 11) is 0. The van der Waals surface area contributed by atoms with Gasteiger partial charge in [-0.05, 0) is 54.4 Å². The van der Waals surface area contributed by atoms with Crippen molar-refractivity contribution in [2.45, 2.75) is 71.6 Å². The van der Waals surface area contributed by atoms with Crippen LogP contribution in [0.3, 0.4) is 0 Å². The molecule has 0 radical (unpaired) electrons. The summed E-state index contributed by atoms with van der Waals surface area (Å²) in [5.74, 6) is -0.207. The predicted molar refractivity (Wildman–Crippen MR) is 93.2 cm³/mol. The molecule has 8 heteroatoms. The average molecular weight is 357 g/mol. The maximum atomic E-state index is 12.2. The third kappa shape index (κ3) is 9.16. The van der Waals surface area contributed by atoms with E-state index in [0.29, 0.717) is 13.1 Å². The number of ether oxygens (including phenoxy) is 2. The number of alkyl carbamates (subject to hydrolysis) is 2. The topological polar surface area (TPSA) is 97.0 Å². The van der Waals surface area contributed by atoms with Crippen LogP contribution in [0.15, 0.2) is 0 Å². The van der Waals surface area contributed by atoms with E-state index in [2.05, 4.69) is 10.6 Å². The Hall–Kier alpha value is -1.99. The van der Waals surface area contributed by atoms with Crippen LogP contribution in [0.2, 0.25) is 0 Å². The van der Waals surface area contributed by atoms with E-state index in [-0.39, 0.29) is 18.5 Å². The molecule has 3 amide bonds.